The number of carbonyl (C=O) groups excluding carboxylic acids is 2. The number of alkyl halides is 3. The number of anilines is 1. The summed E-state index contributed by atoms with van der Waals surface area (Å²) in [6, 6.07) is 12.0. The molecular formula is C19H19F3N2O4. The summed E-state index contributed by atoms with van der Waals surface area (Å²) >= 11 is 0. The number of ether oxygens (including phenoxy) is 2. The second-order valence-corrected chi connectivity index (χ2v) is 5.88. The number of halogens is 3. The fourth-order valence-electron chi connectivity index (χ4n) is 2.37. The largest absolute Gasteiger partial charge is 0.482 e. The number of nitrogens with two attached hydrogens (primary N) is 1. The molecular weight excluding hydrogens is 377 g/mol. The normalized spacial score (nSPS) is 12.2. The maximum Gasteiger partial charge on any atom is 0.422 e. The van der Waals surface area contributed by atoms with Crippen molar-refractivity contribution in [1.29, 1.82) is 0 Å². The van der Waals surface area contributed by atoms with Crippen LogP contribution in [0.2, 0.25) is 0 Å². The molecule has 2 aromatic rings. The molecule has 28 heavy (non-hydrogen) atoms. The van der Waals surface area contributed by atoms with Crippen molar-refractivity contribution >= 4 is 17.6 Å². The molecule has 6 nitrogen and oxygen atoms in total. The lowest BCUT2D eigenvalue weighted by molar-refractivity contribution is -0.153. The van der Waals surface area contributed by atoms with Crippen LogP contribution in [0.25, 0.3) is 0 Å². The summed E-state index contributed by atoms with van der Waals surface area (Å²) in [5.74, 6) is -1.57. The van der Waals surface area contributed by atoms with E-state index in [1.54, 1.807) is 24.3 Å². The number of hydrogen-bond acceptors (Lipinski definition) is 5. The molecule has 0 saturated carbocycles. The van der Waals surface area contributed by atoms with Crippen molar-refractivity contribution in [3.8, 4) is 5.75 Å². The zero-order valence-electron chi connectivity index (χ0n) is 15.0. The van der Waals surface area contributed by atoms with E-state index >= 15 is 0 Å². The third-order valence-corrected chi connectivity index (χ3v) is 3.70. The van der Waals surface area contributed by atoms with Gasteiger partial charge in [-0.25, -0.2) is 4.79 Å². The Morgan fingerprint density at radius 1 is 1.14 bits per heavy atom. The van der Waals surface area contributed by atoms with Crippen LogP contribution in [0.4, 0.5) is 18.9 Å². The van der Waals surface area contributed by atoms with Crippen LogP contribution in [0, 0.1) is 0 Å². The minimum atomic E-state index is -4.59. The fourth-order valence-corrected chi connectivity index (χ4v) is 2.37. The molecule has 150 valence electrons. The smallest absolute Gasteiger partial charge is 0.422 e. The average molecular weight is 396 g/mol. The van der Waals surface area contributed by atoms with Crippen LogP contribution in [0.1, 0.15) is 28.4 Å². The maximum absolute atomic E-state index is 12.5. The van der Waals surface area contributed by atoms with E-state index in [2.05, 4.69) is 10.1 Å². The van der Waals surface area contributed by atoms with Gasteiger partial charge in [-0.2, -0.15) is 13.2 Å². The van der Waals surface area contributed by atoms with E-state index in [1.807, 2.05) is 6.07 Å². The van der Waals surface area contributed by atoms with Gasteiger partial charge in [0.15, 0.2) is 6.61 Å². The number of methoxy groups -OCH3 is 1. The molecule has 0 radical (unpaired) electrons. The molecule has 2 aromatic carbocycles. The molecule has 1 unspecified atom stereocenters. The van der Waals surface area contributed by atoms with Crippen molar-refractivity contribution in [2.24, 2.45) is 5.73 Å². The summed E-state index contributed by atoms with van der Waals surface area (Å²) in [5.41, 5.74) is 6.70. The van der Waals surface area contributed by atoms with Crippen LogP contribution < -0.4 is 15.8 Å². The first-order valence-corrected chi connectivity index (χ1v) is 8.22. The van der Waals surface area contributed by atoms with Gasteiger partial charge in [-0.05, 0) is 23.8 Å². The number of nitrogens with one attached hydrogen (secondary N) is 1. The second-order valence-electron chi connectivity index (χ2n) is 5.88. The van der Waals surface area contributed by atoms with E-state index in [4.69, 9.17) is 10.5 Å². The number of esters is 1. The molecule has 0 spiro atoms. The molecule has 0 saturated heterocycles. The van der Waals surface area contributed by atoms with Crippen molar-refractivity contribution in [1.82, 2.24) is 0 Å². The molecule has 1 atom stereocenters. The molecule has 0 aliphatic heterocycles. The van der Waals surface area contributed by atoms with E-state index in [1.165, 1.54) is 12.1 Å². The van der Waals surface area contributed by atoms with E-state index < -0.39 is 30.7 Å². The number of carbonyl (C=O) groups is 2. The Balaban J connectivity index is 2.15. The van der Waals surface area contributed by atoms with Gasteiger partial charge in [0.2, 0.25) is 5.91 Å². The van der Waals surface area contributed by atoms with Gasteiger partial charge in [-0.3, -0.25) is 4.79 Å². The number of hydrogen-bond donors (Lipinski definition) is 2. The lowest BCUT2D eigenvalue weighted by Gasteiger charge is -2.16. The van der Waals surface area contributed by atoms with E-state index in [0.717, 1.165) is 18.7 Å². The highest BCUT2D eigenvalue weighted by Gasteiger charge is 2.29. The van der Waals surface area contributed by atoms with Crippen LogP contribution in [-0.4, -0.2) is 31.8 Å². The van der Waals surface area contributed by atoms with Gasteiger partial charge >= 0.3 is 12.1 Å². The summed E-state index contributed by atoms with van der Waals surface area (Å²) in [4.78, 5) is 23.9. The predicted octanol–water partition coefficient (Wildman–Crippen LogP) is 3.44. The third kappa shape index (κ3) is 6.27. The monoisotopic (exact) mass is 396 g/mol. The predicted molar refractivity (Wildman–Crippen MR) is 95.9 cm³/mol. The van der Waals surface area contributed by atoms with Gasteiger partial charge in [0.25, 0.3) is 0 Å². The van der Waals surface area contributed by atoms with Crippen molar-refractivity contribution in [2.45, 2.75) is 18.6 Å². The molecule has 0 heterocycles. The number of benzene rings is 2. The van der Waals surface area contributed by atoms with Crippen LogP contribution in [0.3, 0.4) is 0 Å². The quantitative estimate of drug-likeness (QED) is 0.700. The van der Waals surface area contributed by atoms with Gasteiger partial charge < -0.3 is 20.5 Å². The highest BCUT2D eigenvalue weighted by Crippen LogP contribution is 2.29. The summed E-state index contributed by atoms with van der Waals surface area (Å²) in [7, 11) is 1.14. The SMILES string of the molecule is COC(=O)c1ccc(NC(=O)CC(N)c2ccccc2)c(OCC(F)(F)F)c1. The Bertz CT molecular complexity index is 826. The van der Waals surface area contributed by atoms with Crippen molar-refractivity contribution < 1.29 is 32.2 Å². The van der Waals surface area contributed by atoms with Crippen LogP contribution in [0.15, 0.2) is 48.5 Å². The Kier molecular flexibility index (Phi) is 7.00. The molecule has 0 aliphatic carbocycles. The van der Waals surface area contributed by atoms with Crippen LogP contribution in [0.5, 0.6) is 5.75 Å². The Morgan fingerprint density at radius 3 is 2.43 bits per heavy atom. The van der Waals surface area contributed by atoms with E-state index in [0.29, 0.717) is 0 Å². The maximum atomic E-state index is 12.5. The second kappa shape index (κ2) is 9.23. The summed E-state index contributed by atoms with van der Waals surface area (Å²) < 4.78 is 46.8. The summed E-state index contributed by atoms with van der Waals surface area (Å²) in [6.07, 6.45) is -4.68. The molecule has 2 rings (SSSR count). The highest BCUT2D eigenvalue weighted by molar-refractivity contribution is 5.95. The number of amides is 1. The molecule has 3 N–H and O–H groups in total. The molecule has 0 aromatic heterocycles. The fraction of sp³-hybridized carbons (Fsp3) is 0.263. The summed E-state index contributed by atoms with van der Waals surface area (Å²) in [5, 5.41) is 2.47. The Morgan fingerprint density at radius 2 is 1.82 bits per heavy atom. The first kappa shape index (κ1) is 21.2. The third-order valence-electron chi connectivity index (χ3n) is 3.70. The minimum Gasteiger partial charge on any atom is -0.482 e. The van der Waals surface area contributed by atoms with Gasteiger partial charge in [0.1, 0.15) is 5.75 Å². The Labute approximate surface area is 159 Å². The van der Waals surface area contributed by atoms with Crippen molar-refractivity contribution in [3.05, 3.63) is 59.7 Å². The zero-order valence-corrected chi connectivity index (χ0v) is 15.0. The van der Waals surface area contributed by atoms with Crippen molar-refractivity contribution in [3.63, 3.8) is 0 Å². The first-order chi connectivity index (χ1) is 13.2. The zero-order chi connectivity index (χ0) is 20.7. The van der Waals surface area contributed by atoms with Crippen LogP contribution in [-0.2, 0) is 9.53 Å². The standard InChI is InChI=1S/C19H19F3N2O4/c1-27-18(26)13-7-8-15(16(9-13)28-11-19(20,21)22)24-17(25)10-14(23)12-5-3-2-4-6-12/h2-9,14H,10-11,23H2,1H3,(H,24,25). The highest BCUT2D eigenvalue weighted by atomic mass is 19.4. The number of rotatable bonds is 7. The van der Waals surface area contributed by atoms with Gasteiger partial charge in [-0.1, -0.05) is 30.3 Å². The van der Waals surface area contributed by atoms with Gasteiger partial charge in [-0.15, -0.1) is 0 Å². The van der Waals surface area contributed by atoms with Gasteiger partial charge in [0.05, 0.1) is 18.4 Å². The lowest BCUT2D eigenvalue weighted by atomic mass is 10.0. The van der Waals surface area contributed by atoms with Crippen molar-refractivity contribution in [2.75, 3.05) is 19.0 Å². The van der Waals surface area contributed by atoms with Gasteiger partial charge in [0, 0.05) is 12.5 Å². The lowest BCUT2D eigenvalue weighted by Crippen LogP contribution is -2.22. The van der Waals surface area contributed by atoms with E-state index in [-0.39, 0.29) is 23.4 Å². The van der Waals surface area contributed by atoms with E-state index in [9.17, 15) is 22.8 Å². The molecule has 0 bridgehead atoms. The molecule has 9 heteroatoms. The summed E-state index contributed by atoms with van der Waals surface area (Å²) in [6.45, 7) is -1.58. The topological polar surface area (TPSA) is 90.7 Å². The Hall–Kier alpha value is -3.07. The average Bonchev–Trinajstić information content (AvgIpc) is 2.66. The molecule has 0 fully saturated rings. The molecule has 0 aliphatic rings. The first-order valence-electron chi connectivity index (χ1n) is 8.22. The molecule has 1 amide bonds. The van der Waals surface area contributed by atoms with Crippen LogP contribution >= 0.6 is 0 Å². The minimum absolute atomic E-state index is 0.0119.